The van der Waals surface area contributed by atoms with Gasteiger partial charge in [0.2, 0.25) is 0 Å². The van der Waals surface area contributed by atoms with E-state index in [2.05, 4.69) is 0 Å². The van der Waals surface area contributed by atoms with Gasteiger partial charge in [-0.05, 0) is 17.7 Å². The summed E-state index contributed by atoms with van der Waals surface area (Å²) >= 11 is 0. The lowest BCUT2D eigenvalue weighted by Crippen LogP contribution is -2.45. The molecule has 0 saturated carbocycles. The second kappa shape index (κ2) is 4.97. The summed E-state index contributed by atoms with van der Waals surface area (Å²) in [5, 5.41) is 8.85. The van der Waals surface area contributed by atoms with Gasteiger partial charge in [0.1, 0.15) is 13.2 Å². The topological polar surface area (TPSA) is 83.9 Å². The van der Waals surface area contributed by atoms with Crippen molar-refractivity contribution >= 4 is 17.8 Å². The number of rotatable bonds is 3. The predicted octanol–water partition coefficient (Wildman–Crippen LogP) is 0.270. The number of amides is 2. The van der Waals surface area contributed by atoms with Crippen molar-refractivity contribution in [1.82, 2.24) is 4.90 Å². The van der Waals surface area contributed by atoms with Gasteiger partial charge in [0.15, 0.2) is 0 Å². The first-order valence-electron chi connectivity index (χ1n) is 5.31. The Kier molecular flexibility index (Phi) is 3.38. The zero-order valence-electron chi connectivity index (χ0n) is 9.46. The zero-order chi connectivity index (χ0) is 13.1. The molecule has 0 spiro atoms. The Morgan fingerprint density at radius 1 is 1.28 bits per heavy atom. The van der Waals surface area contributed by atoms with Gasteiger partial charge in [-0.15, -0.1) is 0 Å². The fourth-order valence-electron chi connectivity index (χ4n) is 1.68. The van der Waals surface area contributed by atoms with E-state index in [0.29, 0.717) is 5.56 Å². The summed E-state index contributed by atoms with van der Waals surface area (Å²) in [5.41, 5.74) is 0.721. The Hall–Kier alpha value is -2.21. The van der Waals surface area contributed by atoms with Gasteiger partial charge in [-0.25, -0.2) is 4.79 Å². The fourth-order valence-corrected chi connectivity index (χ4v) is 1.68. The quantitative estimate of drug-likeness (QED) is 0.777. The number of ether oxygens (including phenoxy) is 1. The summed E-state index contributed by atoms with van der Waals surface area (Å²) in [7, 11) is 0. The van der Waals surface area contributed by atoms with Gasteiger partial charge in [0.25, 0.3) is 11.8 Å². The summed E-state index contributed by atoms with van der Waals surface area (Å²) in [6, 6.07) is 6.14. The van der Waals surface area contributed by atoms with Crippen molar-refractivity contribution in [2.24, 2.45) is 0 Å². The number of hydrogen-bond acceptors (Lipinski definition) is 4. The summed E-state index contributed by atoms with van der Waals surface area (Å²) < 4.78 is 4.79. The molecule has 0 aliphatic carbocycles. The number of morpholine rings is 1. The van der Waals surface area contributed by atoms with Crippen LogP contribution in [0.3, 0.4) is 0 Å². The molecule has 0 aromatic heterocycles. The first-order valence-corrected chi connectivity index (χ1v) is 5.31. The SMILES string of the molecule is O=C(O)c1cccc(CN2C(=O)COCC2=O)c1. The molecule has 6 heteroatoms. The zero-order valence-corrected chi connectivity index (χ0v) is 9.46. The van der Waals surface area contributed by atoms with Crippen molar-refractivity contribution in [3.8, 4) is 0 Å². The Morgan fingerprint density at radius 3 is 2.56 bits per heavy atom. The lowest BCUT2D eigenvalue weighted by atomic mass is 10.1. The smallest absolute Gasteiger partial charge is 0.335 e. The average Bonchev–Trinajstić information content (AvgIpc) is 2.34. The second-order valence-corrected chi connectivity index (χ2v) is 3.87. The van der Waals surface area contributed by atoms with Crippen molar-refractivity contribution in [2.75, 3.05) is 13.2 Å². The number of carboxylic acids is 1. The van der Waals surface area contributed by atoms with Crippen LogP contribution in [0.5, 0.6) is 0 Å². The third-order valence-corrected chi connectivity index (χ3v) is 2.57. The number of nitrogens with zero attached hydrogens (tertiary/aromatic N) is 1. The highest BCUT2D eigenvalue weighted by atomic mass is 16.5. The maximum atomic E-state index is 11.5. The molecule has 0 atom stereocenters. The molecule has 1 aliphatic rings. The van der Waals surface area contributed by atoms with Gasteiger partial charge in [-0.2, -0.15) is 0 Å². The van der Waals surface area contributed by atoms with Gasteiger partial charge in [0, 0.05) is 0 Å². The number of benzene rings is 1. The number of carbonyl (C=O) groups excluding carboxylic acids is 2. The van der Waals surface area contributed by atoms with Crippen molar-refractivity contribution in [3.05, 3.63) is 35.4 Å². The summed E-state index contributed by atoms with van der Waals surface area (Å²) in [6.07, 6.45) is 0. The van der Waals surface area contributed by atoms with E-state index in [4.69, 9.17) is 9.84 Å². The van der Waals surface area contributed by atoms with Crippen molar-refractivity contribution in [3.63, 3.8) is 0 Å². The largest absolute Gasteiger partial charge is 0.478 e. The highest BCUT2D eigenvalue weighted by molar-refractivity contribution is 5.98. The first-order chi connectivity index (χ1) is 8.58. The van der Waals surface area contributed by atoms with Crippen LogP contribution in [0.25, 0.3) is 0 Å². The highest BCUT2D eigenvalue weighted by Gasteiger charge is 2.26. The van der Waals surface area contributed by atoms with Gasteiger partial charge >= 0.3 is 5.97 Å². The normalized spacial score (nSPS) is 15.9. The van der Waals surface area contributed by atoms with Crippen LogP contribution in [-0.2, 0) is 20.9 Å². The second-order valence-electron chi connectivity index (χ2n) is 3.87. The molecule has 1 saturated heterocycles. The molecule has 0 unspecified atom stereocenters. The summed E-state index contributed by atoms with van der Waals surface area (Å²) in [5.74, 6) is -1.87. The molecule has 94 valence electrons. The van der Waals surface area contributed by atoms with Crippen LogP contribution >= 0.6 is 0 Å². The van der Waals surface area contributed by atoms with Gasteiger partial charge in [-0.3, -0.25) is 14.5 Å². The van der Waals surface area contributed by atoms with E-state index in [1.807, 2.05) is 0 Å². The number of aromatic carboxylic acids is 1. The van der Waals surface area contributed by atoms with Crippen LogP contribution in [0.15, 0.2) is 24.3 Å². The summed E-state index contributed by atoms with van der Waals surface area (Å²) in [4.78, 5) is 34.9. The number of hydrogen-bond donors (Lipinski definition) is 1. The minimum absolute atomic E-state index is 0.0716. The molecule has 0 radical (unpaired) electrons. The van der Waals surface area contributed by atoms with Crippen LogP contribution in [-0.4, -0.2) is 41.0 Å². The third kappa shape index (κ3) is 2.54. The van der Waals surface area contributed by atoms with E-state index in [0.717, 1.165) is 4.90 Å². The third-order valence-electron chi connectivity index (χ3n) is 2.57. The minimum Gasteiger partial charge on any atom is -0.478 e. The molecule has 1 heterocycles. The molecule has 1 aliphatic heterocycles. The van der Waals surface area contributed by atoms with Crippen molar-refractivity contribution in [1.29, 1.82) is 0 Å². The van der Waals surface area contributed by atoms with Gasteiger partial charge < -0.3 is 9.84 Å². The molecule has 1 N–H and O–H groups in total. The lowest BCUT2D eigenvalue weighted by Gasteiger charge is -2.24. The summed E-state index contributed by atoms with van der Waals surface area (Å²) in [6.45, 7) is -0.170. The Labute approximate surface area is 103 Å². The number of carboxylic acid groups (broad SMARTS) is 1. The van der Waals surface area contributed by atoms with E-state index in [-0.39, 0.29) is 25.3 Å². The Morgan fingerprint density at radius 2 is 1.94 bits per heavy atom. The molecule has 1 aromatic rings. The standard InChI is InChI=1S/C12H11NO5/c14-10-6-18-7-11(15)13(10)5-8-2-1-3-9(4-8)12(16)17/h1-4H,5-7H2,(H,16,17). The Balaban J connectivity index is 2.17. The number of carbonyl (C=O) groups is 3. The molecule has 1 aromatic carbocycles. The van der Waals surface area contributed by atoms with Crippen LogP contribution in [0.4, 0.5) is 0 Å². The lowest BCUT2D eigenvalue weighted by molar-refractivity contribution is -0.159. The van der Waals surface area contributed by atoms with E-state index in [1.165, 1.54) is 12.1 Å². The molecular formula is C12H11NO5. The van der Waals surface area contributed by atoms with Crippen molar-refractivity contribution < 1.29 is 24.2 Å². The van der Waals surface area contributed by atoms with Gasteiger partial charge in [-0.1, -0.05) is 12.1 Å². The molecule has 2 amide bonds. The van der Waals surface area contributed by atoms with Gasteiger partial charge in [0.05, 0.1) is 12.1 Å². The molecule has 18 heavy (non-hydrogen) atoms. The van der Waals surface area contributed by atoms with E-state index in [9.17, 15) is 14.4 Å². The molecule has 1 fully saturated rings. The molecule has 6 nitrogen and oxygen atoms in total. The fraction of sp³-hybridized carbons (Fsp3) is 0.250. The minimum atomic E-state index is -1.04. The van der Waals surface area contributed by atoms with E-state index >= 15 is 0 Å². The maximum Gasteiger partial charge on any atom is 0.335 e. The molecule has 2 rings (SSSR count). The highest BCUT2D eigenvalue weighted by Crippen LogP contribution is 2.11. The first kappa shape index (κ1) is 12.3. The maximum absolute atomic E-state index is 11.5. The average molecular weight is 249 g/mol. The monoisotopic (exact) mass is 249 g/mol. The molecule has 0 bridgehead atoms. The predicted molar refractivity (Wildman–Crippen MR) is 59.8 cm³/mol. The van der Waals surface area contributed by atoms with Crippen LogP contribution in [0.2, 0.25) is 0 Å². The van der Waals surface area contributed by atoms with Crippen LogP contribution in [0.1, 0.15) is 15.9 Å². The van der Waals surface area contributed by atoms with Crippen LogP contribution in [0, 0.1) is 0 Å². The van der Waals surface area contributed by atoms with Crippen molar-refractivity contribution in [2.45, 2.75) is 6.54 Å². The van der Waals surface area contributed by atoms with E-state index < -0.39 is 17.8 Å². The van der Waals surface area contributed by atoms with Crippen LogP contribution < -0.4 is 0 Å². The molecular weight excluding hydrogens is 238 g/mol. The number of imide groups is 1. The Bertz CT molecular complexity index is 495. The van der Waals surface area contributed by atoms with E-state index in [1.54, 1.807) is 12.1 Å².